The van der Waals surface area contributed by atoms with E-state index in [-0.39, 0.29) is 0 Å². The molecular weight excluding hydrogens is 829 g/mol. The molecule has 0 N–H and O–H groups in total. The molecule has 314 valence electrons. The second kappa shape index (κ2) is 14.4. The molecule has 4 heterocycles. The molecule has 0 bridgehead atoms. The highest BCUT2D eigenvalue weighted by molar-refractivity contribution is 6.15. The van der Waals surface area contributed by atoms with Crippen LogP contribution in [0.15, 0.2) is 218 Å². The minimum Gasteiger partial charge on any atom is -0.307 e. The van der Waals surface area contributed by atoms with Crippen molar-refractivity contribution in [2.45, 2.75) is 0 Å². The number of hydrogen-bond donors (Lipinski definition) is 0. The largest absolute Gasteiger partial charge is 0.307 e. The predicted molar refractivity (Wildman–Crippen MR) is 279 cm³/mol. The van der Waals surface area contributed by atoms with Crippen LogP contribution in [0, 0.1) is 22.7 Å². The standard InChI is InChI=1S/C62H36N6/c63-37-39-33-35-57(65-49-25-9-1-17-41(49)42-18-2-10-26-50(42)65)61(67-53-29-13-5-21-45(53)46-22-6-14-30-54(46)67)59(39)60-40(38-64)34-36-58(66-51-27-11-3-19-43(51)44-20-4-12-28-52(44)66)62(60)68-55-31-15-7-23-47(55)48-24-8-16-32-56(48)68/h1-36H. The summed E-state index contributed by atoms with van der Waals surface area (Å²) >= 11 is 0. The molecule has 0 saturated heterocycles. The Morgan fingerprint density at radius 3 is 0.662 bits per heavy atom. The molecular formula is C62H36N6. The summed E-state index contributed by atoms with van der Waals surface area (Å²) in [6.45, 7) is 0. The smallest absolute Gasteiger partial charge is 0.0999 e. The van der Waals surface area contributed by atoms with Gasteiger partial charge in [0.1, 0.15) is 0 Å². The van der Waals surface area contributed by atoms with Gasteiger partial charge in [0, 0.05) is 54.2 Å². The van der Waals surface area contributed by atoms with Crippen molar-refractivity contribution in [2.75, 3.05) is 0 Å². The van der Waals surface area contributed by atoms with Crippen molar-refractivity contribution in [2.24, 2.45) is 0 Å². The first-order valence-electron chi connectivity index (χ1n) is 22.8. The lowest BCUT2D eigenvalue weighted by molar-refractivity contribution is 1.08. The van der Waals surface area contributed by atoms with Gasteiger partial charge in [0.15, 0.2) is 0 Å². The Kier molecular flexibility index (Phi) is 8.01. The minimum atomic E-state index is 0.448. The molecule has 0 aliphatic carbocycles. The maximum absolute atomic E-state index is 11.7. The van der Waals surface area contributed by atoms with E-state index in [1.165, 1.54) is 0 Å². The first-order valence-corrected chi connectivity index (χ1v) is 22.8. The van der Waals surface area contributed by atoms with Crippen molar-refractivity contribution < 1.29 is 0 Å². The van der Waals surface area contributed by atoms with Crippen LogP contribution in [0.25, 0.3) is 121 Å². The number of hydrogen-bond acceptors (Lipinski definition) is 2. The third-order valence-electron chi connectivity index (χ3n) is 14.1. The molecule has 0 unspecified atom stereocenters. The number of benzene rings is 10. The van der Waals surface area contributed by atoms with E-state index in [0.29, 0.717) is 22.3 Å². The van der Waals surface area contributed by atoms with Gasteiger partial charge in [-0.25, -0.2) is 0 Å². The Balaban J connectivity index is 1.27. The third kappa shape index (κ3) is 5.09. The molecule has 0 aliphatic heterocycles. The van der Waals surface area contributed by atoms with Crippen LogP contribution >= 0.6 is 0 Å². The number of para-hydroxylation sites is 8. The molecule has 0 spiro atoms. The van der Waals surface area contributed by atoms with Crippen molar-refractivity contribution in [3.05, 3.63) is 230 Å². The summed E-state index contributed by atoms with van der Waals surface area (Å²) in [6, 6.07) is 81.7. The fourth-order valence-corrected chi connectivity index (χ4v) is 11.4. The van der Waals surface area contributed by atoms with Crippen LogP contribution in [-0.4, -0.2) is 18.3 Å². The van der Waals surface area contributed by atoms with E-state index in [4.69, 9.17) is 0 Å². The van der Waals surface area contributed by atoms with E-state index in [1.54, 1.807) is 0 Å². The number of fused-ring (bicyclic) bond motifs is 12. The van der Waals surface area contributed by atoms with Crippen molar-refractivity contribution in [3.63, 3.8) is 0 Å². The molecule has 10 aromatic carbocycles. The van der Waals surface area contributed by atoms with Gasteiger partial charge in [0.05, 0.1) is 90.1 Å². The highest BCUT2D eigenvalue weighted by atomic mass is 15.1. The van der Waals surface area contributed by atoms with E-state index in [1.807, 2.05) is 12.1 Å². The summed E-state index contributed by atoms with van der Waals surface area (Å²) in [5.41, 5.74) is 13.7. The lowest BCUT2D eigenvalue weighted by Crippen LogP contribution is -2.11. The number of rotatable bonds is 5. The predicted octanol–water partition coefficient (Wildman–Crippen LogP) is 15.5. The summed E-state index contributed by atoms with van der Waals surface area (Å²) < 4.78 is 9.36. The zero-order valence-corrected chi connectivity index (χ0v) is 36.5. The van der Waals surface area contributed by atoms with Crippen molar-refractivity contribution >= 4 is 87.2 Å². The molecule has 0 radical (unpaired) electrons. The summed E-state index contributed by atoms with van der Waals surface area (Å²) in [5, 5.41) is 32.2. The summed E-state index contributed by atoms with van der Waals surface area (Å²) in [5.74, 6) is 0. The summed E-state index contributed by atoms with van der Waals surface area (Å²) in [7, 11) is 0. The van der Waals surface area contributed by atoms with Crippen molar-refractivity contribution in [1.29, 1.82) is 10.5 Å². The number of nitrogens with zero attached hydrogens (tertiary/aromatic N) is 6. The monoisotopic (exact) mass is 864 g/mol. The second-order valence-corrected chi connectivity index (χ2v) is 17.4. The Morgan fingerprint density at radius 1 is 0.235 bits per heavy atom. The molecule has 4 aromatic heterocycles. The fraction of sp³-hybridized carbons (Fsp3) is 0. The quantitative estimate of drug-likeness (QED) is 0.173. The van der Waals surface area contributed by atoms with E-state index in [9.17, 15) is 10.5 Å². The molecule has 14 rings (SSSR count). The highest BCUT2D eigenvalue weighted by Gasteiger charge is 2.31. The molecule has 0 fully saturated rings. The van der Waals surface area contributed by atoms with Crippen LogP contribution in [-0.2, 0) is 0 Å². The third-order valence-corrected chi connectivity index (χ3v) is 14.1. The molecule has 0 aliphatic rings. The molecule has 0 atom stereocenters. The molecule has 68 heavy (non-hydrogen) atoms. The van der Waals surface area contributed by atoms with Crippen LogP contribution in [0.5, 0.6) is 0 Å². The number of nitriles is 2. The molecule has 0 saturated carbocycles. The first-order chi connectivity index (χ1) is 33.7. The lowest BCUT2D eigenvalue weighted by atomic mass is 9.90. The Bertz CT molecular complexity index is 4030. The zero-order valence-electron chi connectivity index (χ0n) is 36.5. The lowest BCUT2D eigenvalue weighted by Gasteiger charge is -2.26. The van der Waals surface area contributed by atoms with Gasteiger partial charge in [-0.05, 0) is 72.8 Å². The SMILES string of the molecule is N#Cc1ccc(-n2c3ccccc3c3ccccc32)c(-n2c3ccccc3c3ccccc32)c1-c1c(C#N)ccc(-n2c3ccccc3c3ccccc32)c1-n1c2ccccc2c2ccccc21. The van der Waals surface area contributed by atoms with E-state index in [2.05, 4.69) is 237 Å². The van der Waals surface area contributed by atoms with Gasteiger partial charge < -0.3 is 18.3 Å². The topological polar surface area (TPSA) is 67.3 Å². The minimum absolute atomic E-state index is 0.448. The molecule has 6 nitrogen and oxygen atoms in total. The van der Waals surface area contributed by atoms with E-state index < -0.39 is 0 Å². The van der Waals surface area contributed by atoms with Gasteiger partial charge in [-0.2, -0.15) is 10.5 Å². The van der Waals surface area contributed by atoms with E-state index >= 15 is 0 Å². The first kappa shape index (κ1) is 37.7. The van der Waals surface area contributed by atoms with Crippen LogP contribution in [0.2, 0.25) is 0 Å². The average Bonchev–Trinajstić information content (AvgIpc) is 4.13. The maximum atomic E-state index is 11.7. The second-order valence-electron chi connectivity index (χ2n) is 17.4. The highest BCUT2D eigenvalue weighted by Crippen LogP contribution is 2.49. The molecule has 0 amide bonds. The Labute approximate surface area is 389 Å². The maximum Gasteiger partial charge on any atom is 0.0999 e. The normalized spacial score (nSPS) is 11.8. The Hall–Kier alpha value is -9.62. The van der Waals surface area contributed by atoms with Gasteiger partial charge in [-0.15, -0.1) is 0 Å². The zero-order chi connectivity index (χ0) is 45.0. The fourth-order valence-electron chi connectivity index (χ4n) is 11.4. The van der Waals surface area contributed by atoms with Crippen molar-refractivity contribution in [3.8, 4) is 46.0 Å². The molecule has 6 heteroatoms. The Morgan fingerprint density at radius 2 is 0.441 bits per heavy atom. The van der Waals surface area contributed by atoms with Gasteiger partial charge in [-0.3, -0.25) is 0 Å². The van der Waals surface area contributed by atoms with Crippen LogP contribution in [0.1, 0.15) is 11.1 Å². The van der Waals surface area contributed by atoms with Crippen molar-refractivity contribution in [1.82, 2.24) is 18.3 Å². The van der Waals surface area contributed by atoms with Gasteiger partial charge in [-0.1, -0.05) is 146 Å². The van der Waals surface area contributed by atoms with Crippen LogP contribution in [0.3, 0.4) is 0 Å². The summed E-state index contributed by atoms with van der Waals surface area (Å²) in [4.78, 5) is 0. The van der Waals surface area contributed by atoms with E-state index in [0.717, 1.165) is 110 Å². The number of aromatic nitrogens is 4. The average molecular weight is 865 g/mol. The van der Waals surface area contributed by atoms with Gasteiger partial charge >= 0.3 is 0 Å². The molecule has 14 aromatic rings. The van der Waals surface area contributed by atoms with Crippen LogP contribution < -0.4 is 0 Å². The van der Waals surface area contributed by atoms with Crippen LogP contribution in [0.4, 0.5) is 0 Å². The summed E-state index contributed by atoms with van der Waals surface area (Å²) in [6.07, 6.45) is 0. The van der Waals surface area contributed by atoms with Gasteiger partial charge in [0.25, 0.3) is 0 Å². The van der Waals surface area contributed by atoms with Gasteiger partial charge in [0.2, 0.25) is 0 Å².